The molecule has 0 saturated heterocycles. The molecular formula is C21H27NO2S. The molecule has 1 atom stereocenters. The monoisotopic (exact) mass is 357 g/mol. The van der Waals surface area contributed by atoms with Crippen molar-refractivity contribution in [2.45, 2.75) is 39.6 Å². The van der Waals surface area contributed by atoms with Crippen molar-refractivity contribution in [3.63, 3.8) is 0 Å². The summed E-state index contributed by atoms with van der Waals surface area (Å²) in [5.74, 6) is 2.57. The van der Waals surface area contributed by atoms with Crippen LogP contribution < -0.4 is 10.1 Å². The third-order valence-corrected chi connectivity index (χ3v) is 5.12. The van der Waals surface area contributed by atoms with Gasteiger partial charge in [0.05, 0.1) is 0 Å². The van der Waals surface area contributed by atoms with Crippen LogP contribution in [-0.2, 0) is 10.5 Å². The molecule has 1 N–H and O–H groups in total. The van der Waals surface area contributed by atoms with Crippen molar-refractivity contribution in [3.05, 3.63) is 64.7 Å². The van der Waals surface area contributed by atoms with E-state index in [4.69, 9.17) is 4.74 Å². The minimum atomic E-state index is -0.501. The van der Waals surface area contributed by atoms with Crippen LogP contribution in [0, 0.1) is 20.8 Å². The van der Waals surface area contributed by atoms with Gasteiger partial charge >= 0.3 is 0 Å². The molecule has 1 amide bonds. The number of hydrogen-bond acceptors (Lipinski definition) is 3. The highest BCUT2D eigenvalue weighted by Crippen LogP contribution is 2.24. The number of hydrogen-bond donors (Lipinski definition) is 1. The van der Waals surface area contributed by atoms with Gasteiger partial charge in [0.15, 0.2) is 6.10 Å². The molecule has 0 aliphatic heterocycles. The summed E-state index contributed by atoms with van der Waals surface area (Å²) in [6.07, 6.45) is -0.501. The van der Waals surface area contributed by atoms with Gasteiger partial charge in [-0.3, -0.25) is 4.79 Å². The lowest BCUT2D eigenvalue weighted by Gasteiger charge is -2.18. The SMILES string of the molecule is Cc1cc(C)c(C)c(O[C@H](C)C(=O)NCCSCc2ccccc2)c1. The van der Waals surface area contributed by atoms with E-state index in [1.54, 1.807) is 6.92 Å². The summed E-state index contributed by atoms with van der Waals surface area (Å²) in [6, 6.07) is 14.5. The van der Waals surface area contributed by atoms with E-state index in [1.165, 1.54) is 11.1 Å². The molecular weight excluding hydrogens is 330 g/mol. The summed E-state index contributed by atoms with van der Waals surface area (Å²) in [5, 5.41) is 2.95. The van der Waals surface area contributed by atoms with E-state index in [0.717, 1.165) is 28.4 Å². The molecule has 3 nitrogen and oxygen atoms in total. The zero-order chi connectivity index (χ0) is 18.2. The summed E-state index contributed by atoms with van der Waals surface area (Å²) < 4.78 is 5.88. The quantitative estimate of drug-likeness (QED) is 0.710. The first-order chi connectivity index (χ1) is 12.0. The van der Waals surface area contributed by atoms with E-state index in [0.29, 0.717) is 6.54 Å². The lowest BCUT2D eigenvalue weighted by Crippen LogP contribution is -2.37. The van der Waals surface area contributed by atoms with E-state index in [1.807, 2.05) is 49.9 Å². The first-order valence-electron chi connectivity index (χ1n) is 8.61. The molecule has 0 aliphatic rings. The highest BCUT2D eigenvalue weighted by atomic mass is 32.2. The molecule has 0 unspecified atom stereocenters. The summed E-state index contributed by atoms with van der Waals surface area (Å²) in [4.78, 5) is 12.2. The summed E-state index contributed by atoms with van der Waals surface area (Å²) in [7, 11) is 0. The fourth-order valence-corrected chi connectivity index (χ4v) is 3.34. The second-order valence-electron chi connectivity index (χ2n) is 6.29. The molecule has 0 heterocycles. The van der Waals surface area contributed by atoms with E-state index < -0.39 is 6.10 Å². The maximum atomic E-state index is 12.2. The first-order valence-corrected chi connectivity index (χ1v) is 9.76. The largest absolute Gasteiger partial charge is 0.481 e. The molecule has 2 aromatic carbocycles. The highest BCUT2D eigenvalue weighted by molar-refractivity contribution is 7.98. The molecule has 2 aromatic rings. The third kappa shape index (κ3) is 6.13. The summed E-state index contributed by atoms with van der Waals surface area (Å²) in [6.45, 7) is 8.56. The van der Waals surface area contributed by atoms with Gasteiger partial charge in [-0.15, -0.1) is 0 Å². The van der Waals surface area contributed by atoms with Crippen molar-refractivity contribution < 1.29 is 9.53 Å². The van der Waals surface area contributed by atoms with Gasteiger partial charge in [0, 0.05) is 18.1 Å². The van der Waals surface area contributed by atoms with Gasteiger partial charge in [0.2, 0.25) is 0 Å². The van der Waals surface area contributed by atoms with Crippen LogP contribution in [0.1, 0.15) is 29.2 Å². The van der Waals surface area contributed by atoms with E-state index >= 15 is 0 Å². The van der Waals surface area contributed by atoms with Crippen LogP contribution in [-0.4, -0.2) is 24.3 Å². The van der Waals surface area contributed by atoms with Gasteiger partial charge in [-0.05, 0) is 56.0 Å². The maximum Gasteiger partial charge on any atom is 0.260 e. The molecule has 0 fully saturated rings. The van der Waals surface area contributed by atoms with Gasteiger partial charge in [-0.25, -0.2) is 0 Å². The van der Waals surface area contributed by atoms with Crippen molar-refractivity contribution in [3.8, 4) is 5.75 Å². The number of ether oxygens (including phenoxy) is 1. The predicted octanol–water partition coefficient (Wildman–Crippen LogP) is 4.43. The minimum Gasteiger partial charge on any atom is -0.481 e. The molecule has 0 bridgehead atoms. The number of nitrogens with one attached hydrogen (secondary N) is 1. The molecule has 2 rings (SSSR count). The number of carbonyl (C=O) groups is 1. The Labute approximate surface area is 155 Å². The number of benzene rings is 2. The molecule has 0 spiro atoms. The van der Waals surface area contributed by atoms with Gasteiger partial charge in [-0.2, -0.15) is 11.8 Å². The maximum absolute atomic E-state index is 12.2. The number of thioether (sulfide) groups is 1. The Kier molecular flexibility index (Phi) is 7.38. The summed E-state index contributed by atoms with van der Waals surface area (Å²) >= 11 is 1.81. The van der Waals surface area contributed by atoms with Crippen LogP contribution in [0.25, 0.3) is 0 Å². The van der Waals surface area contributed by atoms with Crippen LogP contribution in [0.15, 0.2) is 42.5 Å². The minimum absolute atomic E-state index is 0.0705. The molecule has 4 heteroatoms. The number of aryl methyl sites for hydroxylation is 2. The van der Waals surface area contributed by atoms with Crippen molar-refractivity contribution >= 4 is 17.7 Å². The Morgan fingerprint density at radius 1 is 1.16 bits per heavy atom. The second kappa shape index (κ2) is 9.52. The second-order valence-corrected chi connectivity index (χ2v) is 7.40. The van der Waals surface area contributed by atoms with Crippen LogP contribution in [0.3, 0.4) is 0 Å². The molecule has 0 saturated carbocycles. The normalized spacial score (nSPS) is 11.8. The smallest absolute Gasteiger partial charge is 0.260 e. The lowest BCUT2D eigenvalue weighted by atomic mass is 10.1. The predicted molar refractivity (Wildman–Crippen MR) is 106 cm³/mol. The average Bonchev–Trinajstić information content (AvgIpc) is 2.59. The number of amides is 1. The number of carbonyl (C=O) groups excluding carboxylic acids is 1. The van der Waals surface area contributed by atoms with Gasteiger partial charge in [-0.1, -0.05) is 36.4 Å². The van der Waals surface area contributed by atoms with Crippen molar-refractivity contribution in [1.29, 1.82) is 0 Å². The van der Waals surface area contributed by atoms with Crippen molar-refractivity contribution in [1.82, 2.24) is 5.32 Å². The fourth-order valence-electron chi connectivity index (χ4n) is 2.52. The third-order valence-electron chi connectivity index (χ3n) is 4.09. The fraction of sp³-hybridized carbons (Fsp3) is 0.381. The van der Waals surface area contributed by atoms with Crippen LogP contribution in [0.4, 0.5) is 0 Å². The molecule has 0 radical (unpaired) electrons. The van der Waals surface area contributed by atoms with Gasteiger partial charge in [0.25, 0.3) is 5.91 Å². The molecule has 0 aromatic heterocycles. The van der Waals surface area contributed by atoms with Crippen molar-refractivity contribution in [2.75, 3.05) is 12.3 Å². The summed E-state index contributed by atoms with van der Waals surface area (Å²) in [5.41, 5.74) is 4.72. The first kappa shape index (κ1) is 19.4. The van der Waals surface area contributed by atoms with Crippen LogP contribution in [0.2, 0.25) is 0 Å². The Bertz CT molecular complexity index is 701. The molecule has 0 aliphatic carbocycles. The van der Waals surface area contributed by atoms with E-state index in [9.17, 15) is 4.79 Å². The van der Waals surface area contributed by atoms with Gasteiger partial charge < -0.3 is 10.1 Å². The highest BCUT2D eigenvalue weighted by Gasteiger charge is 2.16. The van der Waals surface area contributed by atoms with Crippen LogP contribution in [0.5, 0.6) is 5.75 Å². The average molecular weight is 358 g/mol. The topological polar surface area (TPSA) is 38.3 Å². The molecule has 134 valence electrons. The Morgan fingerprint density at radius 3 is 2.60 bits per heavy atom. The van der Waals surface area contributed by atoms with E-state index in [-0.39, 0.29) is 5.91 Å². The molecule has 25 heavy (non-hydrogen) atoms. The Morgan fingerprint density at radius 2 is 1.88 bits per heavy atom. The van der Waals surface area contributed by atoms with Gasteiger partial charge in [0.1, 0.15) is 5.75 Å². The van der Waals surface area contributed by atoms with E-state index in [2.05, 4.69) is 30.4 Å². The zero-order valence-corrected chi connectivity index (χ0v) is 16.3. The lowest BCUT2D eigenvalue weighted by molar-refractivity contribution is -0.127. The standard InChI is InChI=1S/C21H27NO2S/c1-15-12-16(2)17(3)20(13-15)24-18(4)21(23)22-10-11-25-14-19-8-6-5-7-9-19/h5-9,12-13,18H,10-11,14H2,1-4H3,(H,22,23)/t18-/m1/s1. The van der Waals surface area contributed by atoms with Crippen molar-refractivity contribution in [2.24, 2.45) is 0 Å². The zero-order valence-electron chi connectivity index (χ0n) is 15.5. The Balaban J connectivity index is 1.73. The Hall–Kier alpha value is -1.94. The van der Waals surface area contributed by atoms with Crippen LogP contribution >= 0.6 is 11.8 Å². The number of rotatable bonds is 8.